The lowest BCUT2D eigenvalue weighted by Gasteiger charge is -2.16. The number of rotatable bonds is 4. The summed E-state index contributed by atoms with van der Waals surface area (Å²) < 4.78 is 12.4. The first-order chi connectivity index (χ1) is 12.6. The lowest BCUT2D eigenvalue weighted by atomic mass is 10.1. The Kier molecular flexibility index (Phi) is 4.69. The van der Waals surface area contributed by atoms with Crippen LogP contribution < -0.4 is 4.74 Å². The smallest absolute Gasteiger partial charge is 0.165 e. The number of nitrogens with zero attached hydrogens (tertiary/aromatic N) is 2. The van der Waals surface area contributed by atoms with Crippen LogP contribution >= 0.6 is 27.5 Å². The quantitative estimate of drug-likeness (QED) is 0.385. The summed E-state index contributed by atoms with van der Waals surface area (Å²) in [6.07, 6.45) is -0.0432. The molecular weight excluding hydrogens is 416 g/mol. The number of halogens is 2. The minimum Gasteiger partial charge on any atom is -0.489 e. The lowest BCUT2D eigenvalue weighted by Crippen LogP contribution is -2.16. The highest BCUT2D eigenvalue weighted by atomic mass is 79.9. The van der Waals surface area contributed by atoms with Crippen LogP contribution in [0.25, 0.3) is 32.8 Å². The van der Waals surface area contributed by atoms with Crippen molar-refractivity contribution in [3.63, 3.8) is 0 Å². The third kappa shape index (κ3) is 3.00. The largest absolute Gasteiger partial charge is 0.489 e. The van der Waals surface area contributed by atoms with Crippen LogP contribution in [0.4, 0.5) is 0 Å². The summed E-state index contributed by atoms with van der Waals surface area (Å²) in [6, 6.07) is 13.7. The van der Waals surface area contributed by atoms with E-state index in [0.29, 0.717) is 23.0 Å². The molecule has 0 saturated heterocycles. The highest BCUT2D eigenvalue weighted by Crippen LogP contribution is 2.40. The molecule has 2 aromatic heterocycles. The molecule has 0 aliphatic heterocycles. The number of methoxy groups -OCH3 is 1. The Morgan fingerprint density at radius 1 is 1.08 bits per heavy atom. The highest BCUT2D eigenvalue weighted by molar-refractivity contribution is 9.10. The van der Waals surface area contributed by atoms with Gasteiger partial charge in [0, 0.05) is 22.4 Å². The number of hydrogen-bond acceptors (Lipinski definition) is 4. The Hall–Kier alpha value is -1.95. The van der Waals surface area contributed by atoms with Gasteiger partial charge in [0.15, 0.2) is 5.65 Å². The number of pyridine rings is 2. The molecule has 1 atom stereocenters. The van der Waals surface area contributed by atoms with E-state index in [9.17, 15) is 0 Å². The summed E-state index contributed by atoms with van der Waals surface area (Å²) in [5.74, 6) is 0.689. The molecule has 0 amide bonds. The second kappa shape index (κ2) is 6.99. The Bertz CT molecular complexity index is 1130. The SMILES string of the molecule is COC(C)COc1c2ccccc2nc2nc3ccc(Br)cc3c(Cl)c12. The number of ether oxygens (including phenoxy) is 2. The van der Waals surface area contributed by atoms with Crippen molar-refractivity contribution in [1.29, 1.82) is 0 Å². The van der Waals surface area contributed by atoms with Gasteiger partial charge in [-0.15, -0.1) is 0 Å². The van der Waals surface area contributed by atoms with Crippen LogP contribution in [0.2, 0.25) is 5.02 Å². The third-order valence-electron chi connectivity index (χ3n) is 4.33. The van der Waals surface area contributed by atoms with Crippen LogP contribution in [0.5, 0.6) is 5.75 Å². The van der Waals surface area contributed by atoms with Gasteiger partial charge in [-0.1, -0.05) is 39.7 Å². The first-order valence-electron chi connectivity index (χ1n) is 8.21. The Morgan fingerprint density at radius 2 is 1.81 bits per heavy atom. The van der Waals surface area contributed by atoms with Crippen LogP contribution in [0.1, 0.15) is 6.92 Å². The molecule has 2 aromatic carbocycles. The molecule has 0 fully saturated rings. The summed E-state index contributed by atoms with van der Waals surface area (Å²) >= 11 is 10.3. The van der Waals surface area contributed by atoms with E-state index in [-0.39, 0.29) is 6.10 Å². The molecule has 6 heteroatoms. The lowest BCUT2D eigenvalue weighted by molar-refractivity contribution is 0.0728. The van der Waals surface area contributed by atoms with E-state index in [2.05, 4.69) is 15.9 Å². The number of fused-ring (bicyclic) bond motifs is 3. The second-order valence-electron chi connectivity index (χ2n) is 6.10. The van der Waals surface area contributed by atoms with Gasteiger partial charge in [0.2, 0.25) is 0 Å². The number of benzene rings is 2. The van der Waals surface area contributed by atoms with Gasteiger partial charge in [0.25, 0.3) is 0 Å². The molecule has 4 rings (SSSR count). The molecule has 0 saturated carbocycles. The molecule has 4 nitrogen and oxygen atoms in total. The van der Waals surface area contributed by atoms with Gasteiger partial charge in [0.05, 0.1) is 27.5 Å². The molecule has 26 heavy (non-hydrogen) atoms. The molecule has 0 bridgehead atoms. The van der Waals surface area contributed by atoms with Crippen LogP contribution in [0.15, 0.2) is 46.9 Å². The van der Waals surface area contributed by atoms with Crippen molar-refractivity contribution < 1.29 is 9.47 Å². The average molecular weight is 432 g/mol. The zero-order chi connectivity index (χ0) is 18.3. The predicted octanol–water partition coefficient (Wildman–Crippen LogP) is 5.77. The summed E-state index contributed by atoms with van der Waals surface area (Å²) in [5.41, 5.74) is 2.19. The van der Waals surface area contributed by atoms with E-state index in [1.807, 2.05) is 49.4 Å². The van der Waals surface area contributed by atoms with Crippen LogP contribution in [0, 0.1) is 0 Å². The Labute approximate surface area is 164 Å². The van der Waals surface area contributed by atoms with Gasteiger partial charge >= 0.3 is 0 Å². The maximum absolute atomic E-state index is 6.79. The van der Waals surface area contributed by atoms with E-state index >= 15 is 0 Å². The van der Waals surface area contributed by atoms with E-state index in [0.717, 1.165) is 31.7 Å². The summed E-state index contributed by atoms with van der Waals surface area (Å²) in [5, 5.41) is 3.07. The Morgan fingerprint density at radius 3 is 2.58 bits per heavy atom. The highest BCUT2D eigenvalue weighted by Gasteiger charge is 2.18. The van der Waals surface area contributed by atoms with E-state index < -0.39 is 0 Å². The fraction of sp³-hybridized carbons (Fsp3) is 0.200. The molecule has 0 aliphatic rings. The topological polar surface area (TPSA) is 44.2 Å². The molecule has 0 aliphatic carbocycles. The van der Waals surface area contributed by atoms with Crippen LogP contribution in [0.3, 0.4) is 0 Å². The molecule has 132 valence electrons. The Balaban J connectivity index is 2.07. The van der Waals surface area contributed by atoms with E-state index in [1.165, 1.54) is 0 Å². The maximum atomic E-state index is 6.79. The normalized spacial score (nSPS) is 12.8. The number of hydrogen-bond donors (Lipinski definition) is 0. The van der Waals surface area contributed by atoms with Gasteiger partial charge in [-0.2, -0.15) is 0 Å². The molecule has 0 N–H and O–H groups in total. The fourth-order valence-corrected chi connectivity index (χ4v) is 3.58. The van der Waals surface area contributed by atoms with Gasteiger partial charge < -0.3 is 9.47 Å². The van der Waals surface area contributed by atoms with Crippen LogP contribution in [-0.2, 0) is 4.74 Å². The van der Waals surface area contributed by atoms with Gasteiger partial charge in [-0.25, -0.2) is 9.97 Å². The van der Waals surface area contributed by atoms with Crippen molar-refractivity contribution >= 4 is 60.4 Å². The summed E-state index contributed by atoms with van der Waals surface area (Å²) in [7, 11) is 1.66. The van der Waals surface area contributed by atoms with E-state index in [4.69, 9.17) is 31.0 Å². The fourth-order valence-electron chi connectivity index (χ4n) is 2.90. The van der Waals surface area contributed by atoms with Crippen molar-refractivity contribution in [1.82, 2.24) is 9.97 Å². The molecule has 2 heterocycles. The first kappa shape index (κ1) is 17.5. The summed E-state index contributed by atoms with van der Waals surface area (Å²) in [4.78, 5) is 9.41. The molecule has 0 radical (unpaired) electrons. The van der Waals surface area contributed by atoms with Crippen molar-refractivity contribution in [2.45, 2.75) is 13.0 Å². The van der Waals surface area contributed by atoms with Gasteiger partial charge in [-0.05, 0) is 37.3 Å². The molecular formula is C20H16BrClN2O2. The van der Waals surface area contributed by atoms with E-state index in [1.54, 1.807) is 7.11 Å². The predicted molar refractivity (Wildman–Crippen MR) is 109 cm³/mol. The first-order valence-corrected chi connectivity index (χ1v) is 9.38. The zero-order valence-corrected chi connectivity index (χ0v) is 16.6. The van der Waals surface area contributed by atoms with Crippen molar-refractivity contribution in [2.24, 2.45) is 0 Å². The minimum atomic E-state index is -0.0432. The second-order valence-corrected chi connectivity index (χ2v) is 7.39. The van der Waals surface area contributed by atoms with Gasteiger partial charge in [-0.3, -0.25) is 0 Å². The zero-order valence-electron chi connectivity index (χ0n) is 14.3. The number of aromatic nitrogens is 2. The maximum Gasteiger partial charge on any atom is 0.165 e. The van der Waals surface area contributed by atoms with Crippen molar-refractivity contribution in [3.8, 4) is 5.75 Å². The molecule has 1 unspecified atom stereocenters. The monoisotopic (exact) mass is 430 g/mol. The number of para-hydroxylation sites is 1. The average Bonchev–Trinajstić information content (AvgIpc) is 2.65. The van der Waals surface area contributed by atoms with Crippen molar-refractivity contribution in [2.75, 3.05) is 13.7 Å². The third-order valence-corrected chi connectivity index (χ3v) is 5.22. The molecule has 0 spiro atoms. The standard InChI is InChI=1S/C20H16BrClN2O2/c1-11(25-2)10-26-19-13-5-3-4-6-15(13)23-20-17(19)18(22)14-9-12(21)7-8-16(14)24-20/h3-9,11H,10H2,1-2H3. The summed E-state index contributed by atoms with van der Waals surface area (Å²) in [6.45, 7) is 2.37. The van der Waals surface area contributed by atoms with Crippen molar-refractivity contribution in [3.05, 3.63) is 52.0 Å². The van der Waals surface area contributed by atoms with Gasteiger partial charge in [0.1, 0.15) is 12.4 Å². The molecule has 4 aromatic rings. The minimum absolute atomic E-state index is 0.0432. The van der Waals surface area contributed by atoms with Crippen LogP contribution in [-0.4, -0.2) is 29.8 Å².